The van der Waals surface area contributed by atoms with Crippen LogP contribution in [0.1, 0.15) is 22.2 Å². The van der Waals surface area contributed by atoms with Crippen molar-refractivity contribution in [3.63, 3.8) is 0 Å². The number of oxazole rings is 1. The summed E-state index contributed by atoms with van der Waals surface area (Å²) in [6, 6.07) is 17.3. The highest BCUT2D eigenvalue weighted by Crippen LogP contribution is 2.27. The molecular weight excluding hydrogens is 332 g/mol. The maximum Gasteiger partial charge on any atom is 0.265 e. The Morgan fingerprint density at radius 3 is 2.72 bits per heavy atom. The minimum atomic E-state index is -0.117. The van der Waals surface area contributed by atoms with Gasteiger partial charge in [-0.25, -0.2) is 4.98 Å². The summed E-state index contributed by atoms with van der Waals surface area (Å²) in [6.45, 7) is 2.13. The summed E-state index contributed by atoms with van der Waals surface area (Å²) < 4.78 is 5.84. The molecule has 2 aromatic heterocycles. The largest absolute Gasteiger partial charge is 0.436 e. The number of nitrogens with zero attached hydrogens (tertiary/aromatic N) is 1. The van der Waals surface area contributed by atoms with Crippen LogP contribution in [0.25, 0.3) is 22.6 Å². The van der Waals surface area contributed by atoms with E-state index in [1.807, 2.05) is 41.8 Å². The van der Waals surface area contributed by atoms with E-state index < -0.39 is 0 Å². The number of hydrogen-bond acceptors (Lipinski definition) is 4. The third-order valence-electron chi connectivity index (χ3n) is 4.00. The Morgan fingerprint density at radius 1 is 1.16 bits per heavy atom. The van der Waals surface area contributed by atoms with Crippen LogP contribution in [0.4, 0.5) is 5.69 Å². The second-order valence-corrected chi connectivity index (χ2v) is 6.63. The average molecular weight is 348 g/mol. The number of carbonyl (C=O) groups is 1. The fraction of sp³-hybridized carbons (Fsp3) is 0.100. The molecule has 0 saturated heterocycles. The number of rotatable bonds is 4. The van der Waals surface area contributed by atoms with Crippen LogP contribution in [-0.4, -0.2) is 10.9 Å². The Bertz CT molecular complexity index is 1020. The molecule has 1 amide bonds. The minimum absolute atomic E-state index is 0.117. The van der Waals surface area contributed by atoms with Gasteiger partial charge >= 0.3 is 0 Å². The van der Waals surface area contributed by atoms with Crippen molar-refractivity contribution in [3.8, 4) is 11.5 Å². The Labute approximate surface area is 149 Å². The predicted octanol–water partition coefficient (Wildman–Crippen LogP) is 5.37. The van der Waals surface area contributed by atoms with Gasteiger partial charge in [0.15, 0.2) is 5.58 Å². The Hall–Kier alpha value is -2.92. The Morgan fingerprint density at radius 2 is 2.00 bits per heavy atom. The van der Waals surface area contributed by atoms with Crippen LogP contribution in [0.3, 0.4) is 0 Å². The normalized spacial score (nSPS) is 10.9. The van der Waals surface area contributed by atoms with E-state index in [0.717, 1.165) is 17.5 Å². The van der Waals surface area contributed by atoms with E-state index in [-0.39, 0.29) is 5.91 Å². The van der Waals surface area contributed by atoms with Crippen LogP contribution in [0.2, 0.25) is 0 Å². The fourth-order valence-corrected chi connectivity index (χ4v) is 3.23. The van der Waals surface area contributed by atoms with Crippen molar-refractivity contribution in [2.24, 2.45) is 0 Å². The van der Waals surface area contributed by atoms with E-state index in [0.29, 0.717) is 22.0 Å². The van der Waals surface area contributed by atoms with Gasteiger partial charge < -0.3 is 9.73 Å². The maximum absolute atomic E-state index is 12.2. The number of benzene rings is 2. The summed E-state index contributed by atoms with van der Waals surface area (Å²) >= 11 is 1.41. The lowest BCUT2D eigenvalue weighted by Crippen LogP contribution is -2.09. The molecule has 0 fully saturated rings. The number of nitrogens with one attached hydrogen (secondary N) is 1. The molecule has 4 rings (SSSR count). The highest BCUT2D eigenvalue weighted by Gasteiger charge is 2.11. The molecule has 0 aliphatic heterocycles. The molecular formula is C20H16N2O2S. The van der Waals surface area contributed by atoms with Crippen LogP contribution in [0, 0.1) is 0 Å². The van der Waals surface area contributed by atoms with Gasteiger partial charge in [-0.1, -0.05) is 25.1 Å². The van der Waals surface area contributed by atoms with Crippen molar-refractivity contribution >= 4 is 34.0 Å². The fourth-order valence-electron chi connectivity index (χ4n) is 2.61. The monoisotopic (exact) mass is 348 g/mol. The zero-order chi connectivity index (χ0) is 17.2. The quantitative estimate of drug-likeness (QED) is 0.539. The zero-order valence-electron chi connectivity index (χ0n) is 13.7. The van der Waals surface area contributed by atoms with E-state index in [2.05, 4.69) is 29.4 Å². The van der Waals surface area contributed by atoms with Crippen molar-refractivity contribution in [1.82, 2.24) is 4.98 Å². The first-order chi connectivity index (χ1) is 12.2. The van der Waals surface area contributed by atoms with Crippen molar-refractivity contribution in [3.05, 3.63) is 70.4 Å². The predicted molar refractivity (Wildman–Crippen MR) is 101 cm³/mol. The van der Waals surface area contributed by atoms with Gasteiger partial charge in [-0.05, 0) is 53.8 Å². The molecule has 0 atom stereocenters. The number of aromatic nitrogens is 1. The lowest BCUT2D eigenvalue weighted by atomic mass is 10.1. The standard InChI is InChI=1S/C20H16N2O2S/c1-2-13-5-7-14(8-6-13)20-22-16-12-15(9-10-17(16)24-20)21-19(23)18-4-3-11-25-18/h3-12H,2H2,1H3,(H,21,23). The summed E-state index contributed by atoms with van der Waals surface area (Å²) in [5.74, 6) is 0.465. The number of amides is 1. The molecule has 1 N–H and O–H groups in total. The number of aryl methyl sites for hydroxylation is 1. The maximum atomic E-state index is 12.2. The van der Waals surface area contributed by atoms with Gasteiger partial charge in [-0.15, -0.1) is 11.3 Å². The SMILES string of the molecule is CCc1ccc(-c2nc3cc(NC(=O)c4cccs4)ccc3o2)cc1. The summed E-state index contributed by atoms with van der Waals surface area (Å²) in [5.41, 5.74) is 4.34. The zero-order valence-corrected chi connectivity index (χ0v) is 14.5. The first-order valence-corrected chi connectivity index (χ1v) is 8.95. The molecule has 124 valence electrons. The number of fused-ring (bicyclic) bond motifs is 1. The van der Waals surface area contributed by atoms with Gasteiger partial charge in [-0.2, -0.15) is 0 Å². The molecule has 0 bridgehead atoms. The number of hydrogen-bond donors (Lipinski definition) is 1. The van der Waals surface area contributed by atoms with Crippen molar-refractivity contribution in [2.45, 2.75) is 13.3 Å². The molecule has 2 heterocycles. The summed E-state index contributed by atoms with van der Waals surface area (Å²) in [7, 11) is 0. The number of anilines is 1. The molecule has 25 heavy (non-hydrogen) atoms. The molecule has 0 aliphatic carbocycles. The van der Waals surface area contributed by atoms with Gasteiger partial charge in [0, 0.05) is 11.3 Å². The molecule has 5 heteroatoms. The van der Waals surface area contributed by atoms with Crippen molar-refractivity contribution in [1.29, 1.82) is 0 Å². The average Bonchev–Trinajstić information content (AvgIpc) is 3.31. The van der Waals surface area contributed by atoms with E-state index >= 15 is 0 Å². The molecule has 0 spiro atoms. The van der Waals surface area contributed by atoms with Crippen molar-refractivity contribution < 1.29 is 9.21 Å². The first kappa shape index (κ1) is 15.6. The van der Waals surface area contributed by atoms with Gasteiger partial charge in [0.1, 0.15) is 5.52 Å². The van der Waals surface area contributed by atoms with Gasteiger partial charge in [0.25, 0.3) is 5.91 Å². The smallest absolute Gasteiger partial charge is 0.265 e. The van der Waals surface area contributed by atoms with Gasteiger partial charge in [0.05, 0.1) is 4.88 Å². The summed E-state index contributed by atoms with van der Waals surface area (Å²) in [6.07, 6.45) is 1.00. The molecule has 0 unspecified atom stereocenters. The second-order valence-electron chi connectivity index (χ2n) is 5.68. The van der Waals surface area contributed by atoms with Crippen LogP contribution < -0.4 is 5.32 Å². The third kappa shape index (κ3) is 3.19. The van der Waals surface area contributed by atoms with Crippen LogP contribution in [0.5, 0.6) is 0 Å². The van der Waals surface area contributed by atoms with Crippen LogP contribution >= 0.6 is 11.3 Å². The summed E-state index contributed by atoms with van der Waals surface area (Å²) in [4.78, 5) is 17.4. The molecule has 0 aliphatic rings. The first-order valence-electron chi connectivity index (χ1n) is 8.07. The van der Waals surface area contributed by atoms with Crippen LogP contribution in [0.15, 0.2) is 64.4 Å². The number of carbonyl (C=O) groups excluding carboxylic acids is 1. The highest BCUT2D eigenvalue weighted by atomic mass is 32.1. The Balaban J connectivity index is 1.61. The van der Waals surface area contributed by atoms with E-state index in [4.69, 9.17) is 4.42 Å². The molecule has 2 aromatic carbocycles. The third-order valence-corrected chi connectivity index (χ3v) is 4.87. The number of thiophene rings is 1. The molecule has 0 radical (unpaired) electrons. The Kier molecular flexibility index (Phi) is 4.07. The van der Waals surface area contributed by atoms with E-state index in [1.54, 1.807) is 6.07 Å². The van der Waals surface area contributed by atoms with Crippen molar-refractivity contribution in [2.75, 3.05) is 5.32 Å². The highest BCUT2D eigenvalue weighted by molar-refractivity contribution is 7.12. The van der Waals surface area contributed by atoms with Gasteiger partial charge in [0.2, 0.25) is 5.89 Å². The van der Waals surface area contributed by atoms with Crippen LogP contribution in [-0.2, 0) is 6.42 Å². The van der Waals surface area contributed by atoms with Gasteiger partial charge in [-0.3, -0.25) is 4.79 Å². The lowest BCUT2D eigenvalue weighted by Gasteiger charge is -2.02. The second kappa shape index (κ2) is 6.53. The minimum Gasteiger partial charge on any atom is -0.436 e. The molecule has 4 aromatic rings. The van der Waals surface area contributed by atoms with E-state index in [1.165, 1.54) is 16.9 Å². The topological polar surface area (TPSA) is 55.1 Å². The lowest BCUT2D eigenvalue weighted by molar-refractivity contribution is 0.103. The molecule has 4 nitrogen and oxygen atoms in total. The van der Waals surface area contributed by atoms with E-state index in [9.17, 15) is 4.79 Å². The summed E-state index contributed by atoms with van der Waals surface area (Å²) in [5, 5.41) is 4.77. The molecule has 0 saturated carbocycles.